The summed E-state index contributed by atoms with van der Waals surface area (Å²) in [5.41, 5.74) is 0.749. The van der Waals surface area contributed by atoms with E-state index in [1.165, 1.54) is 40.4 Å². The minimum atomic E-state index is -1.12. The second-order valence-electron chi connectivity index (χ2n) is 5.98. The van der Waals surface area contributed by atoms with Gasteiger partial charge in [0.1, 0.15) is 11.6 Å². The minimum Gasteiger partial charge on any atom is -0.496 e. The van der Waals surface area contributed by atoms with Crippen LogP contribution >= 0.6 is 11.6 Å². The van der Waals surface area contributed by atoms with E-state index < -0.39 is 23.8 Å². The van der Waals surface area contributed by atoms with Gasteiger partial charge in [-0.1, -0.05) is 11.6 Å². The van der Waals surface area contributed by atoms with Crippen LogP contribution < -0.4 is 19.5 Å². The van der Waals surface area contributed by atoms with Crippen molar-refractivity contribution in [2.75, 3.05) is 26.6 Å². The van der Waals surface area contributed by atoms with Gasteiger partial charge in [0.05, 0.1) is 32.0 Å². The third-order valence-electron chi connectivity index (χ3n) is 3.99. The third-order valence-corrected chi connectivity index (χ3v) is 4.30. The average molecular weight is 438 g/mol. The van der Waals surface area contributed by atoms with Crippen LogP contribution in [-0.2, 0) is 14.3 Å². The van der Waals surface area contributed by atoms with Gasteiger partial charge in [-0.15, -0.1) is 0 Å². The van der Waals surface area contributed by atoms with Gasteiger partial charge >= 0.3 is 5.97 Å². The number of halogens is 2. The van der Waals surface area contributed by atoms with Crippen LogP contribution in [0.1, 0.15) is 12.5 Å². The summed E-state index contributed by atoms with van der Waals surface area (Å²) in [5.74, 6) is -0.524. The Morgan fingerprint density at radius 1 is 1.03 bits per heavy atom. The van der Waals surface area contributed by atoms with Gasteiger partial charge in [-0.3, -0.25) is 4.79 Å². The lowest BCUT2D eigenvalue weighted by atomic mass is 10.1. The monoisotopic (exact) mass is 437 g/mol. The van der Waals surface area contributed by atoms with E-state index in [0.717, 1.165) is 18.2 Å². The van der Waals surface area contributed by atoms with Gasteiger partial charge in [0.2, 0.25) is 0 Å². The predicted octanol–water partition coefficient (Wildman–Crippen LogP) is 4.09. The summed E-state index contributed by atoms with van der Waals surface area (Å²) in [5, 5.41) is 2.50. The lowest BCUT2D eigenvalue weighted by Crippen LogP contribution is -2.29. The van der Waals surface area contributed by atoms with E-state index in [2.05, 4.69) is 5.32 Å². The van der Waals surface area contributed by atoms with E-state index in [-0.39, 0.29) is 10.7 Å². The summed E-state index contributed by atoms with van der Waals surface area (Å²) in [6, 6.07) is 6.78. The van der Waals surface area contributed by atoms with Crippen LogP contribution in [-0.4, -0.2) is 39.3 Å². The van der Waals surface area contributed by atoms with Crippen molar-refractivity contribution in [3.63, 3.8) is 0 Å². The van der Waals surface area contributed by atoms with Gasteiger partial charge in [0.15, 0.2) is 17.6 Å². The number of ether oxygens (including phenoxy) is 4. The van der Waals surface area contributed by atoms with Crippen LogP contribution in [0.5, 0.6) is 17.2 Å². The summed E-state index contributed by atoms with van der Waals surface area (Å²) in [6.07, 6.45) is 1.50. The van der Waals surface area contributed by atoms with Crippen LogP contribution in [0.2, 0.25) is 5.02 Å². The fourth-order valence-electron chi connectivity index (χ4n) is 2.43. The van der Waals surface area contributed by atoms with E-state index in [0.29, 0.717) is 22.8 Å². The maximum atomic E-state index is 13.1. The minimum absolute atomic E-state index is 0.0299. The first-order valence-electron chi connectivity index (χ1n) is 8.73. The second kappa shape index (κ2) is 10.5. The number of methoxy groups -OCH3 is 3. The molecule has 7 nitrogen and oxygen atoms in total. The Labute approximate surface area is 178 Å². The Morgan fingerprint density at radius 3 is 2.27 bits per heavy atom. The third kappa shape index (κ3) is 5.87. The van der Waals surface area contributed by atoms with Crippen LogP contribution in [0.4, 0.5) is 10.1 Å². The molecule has 1 atom stereocenters. The topological polar surface area (TPSA) is 83.1 Å². The van der Waals surface area contributed by atoms with Crippen molar-refractivity contribution in [2.45, 2.75) is 13.0 Å². The molecule has 1 amide bonds. The Hall–Kier alpha value is -3.26. The largest absolute Gasteiger partial charge is 0.496 e. The lowest BCUT2D eigenvalue weighted by molar-refractivity contribution is -0.148. The summed E-state index contributed by atoms with van der Waals surface area (Å²) < 4.78 is 33.9. The van der Waals surface area contributed by atoms with Gasteiger partial charge < -0.3 is 24.3 Å². The Bertz CT molecular complexity index is 963. The van der Waals surface area contributed by atoms with Crippen molar-refractivity contribution < 1.29 is 32.9 Å². The molecule has 0 aliphatic heterocycles. The molecule has 0 radical (unpaired) electrons. The molecule has 0 saturated carbocycles. The first kappa shape index (κ1) is 23.0. The molecule has 0 bridgehead atoms. The molecule has 30 heavy (non-hydrogen) atoms. The molecule has 0 heterocycles. The van der Waals surface area contributed by atoms with Crippen molar-refractivity contribution in [1.82, 2.24) is 0 Å². The van der Waals surface area contributed by atoms with Gasteiger partial charge in [0, 0.05) is 17.7 Å². The quantitative estimate of drug-likeness (QED) is 0.494. The van der Waals surface area contributed by atoms with E-state index in [1.807, 2.05) is 0 Å². The maximum Gasteiger partial charge on any atom is 0.331 e. The maximum absolute atomic E-state index is 13.1. The molecule has 0 aromatic heterocycles. The molecule has 0 fully saturated rings. The lowest BCUT2D eigenvalue weighted by Gasteiger charge is -2.14. The molecule has 0 aliphatic rings. The molecule has 9 heteroatoms. The number of nitrogens with one attached hydrogen (secondary N) is 1. The Kier molecular flexibility index (Phi) is 8.06. The molecule has 2 rings (SSSR count). The van der Waals surface area contributed by atoms with Crippen LogP contribution in [0.25, 0.3) is 6.08 Å². The number of esters is 1. The number of hydrogen-bond donors (Lipinski definition) is 1. The molecule has 0 spiro atoms. The fourth-order valence-corrected chi connectivity index (χ4v) is 2.65. The standard InChI is InChI=1S/C21H21ClFNO6/c1-12(21(26)24-16-7-6-14(23)10-15(16)22)30-20(25)8-5-13-9-18(28-3)19(29-4)11-17(13)27-2/h5-12H,1-4H3,(H,24,26)/b8-5+. The summed E-state index contributed by atoms with van der Waals surface area (Å²) in [7, 11) is 4.46. The van der Waals surface area contributed by atoms with E-state index in [1.54, 1.807) is 12.1 Å². The SMILES string of the molecule is COc1cc(OC)c(OC)cc1/C=C/C(=O)OC(C)C(=O)Nc1ccc(F)cc1Cl. The number of carbonyl (C=O) groups excluding carboxylic acids is 2. The number of amides is 1. The van der Waals surface area contributed by atoms with Crippen LogP contribution in [0, 0.1) is 5.82 Å². The van der Waals surface area contributed by atoms with Crippen molar-refractivity contribution in [3.05, 3.63) is 52.8 Å². The Morgan fingerprint density at radius 2 is 1.67 bits per heavy atom. The van der Waals surface area contributed by atoms with E-state index >= 15 is 0 Å². The molecule has 0 saturated heterocycles. The first-order valence-corrected chi connectivity index (χ1v) is 9.11. The molecule has 2 aromatic carbocycles. The molecule has 1 N–H and O–H groups in total. The highest BCUT2D eigenvalue weighted by Gasteiger charge is 2.18. The summed E-state index contributed by atoms with van der Waals surface area (Å²) in [4.78, 5) is 24.3. The number of hydrogen-bond acceptors (Lipinski definition) is 6. The fraction of sp³-hybridized carbons (Fsp3) is 0.238. The highest BCUT2D eigenvalue weighted by Crippen LogP contribution is 2.35. The molecule has 0 aliphatic carbocycles. The highest BCUT2D eigenvalue weighted by molar-refractivity contribution is 6.33. The van der Waals surface area contributed by atoms with E-state index in [4.69, 9.17) is 30.5 Å². The second-order valence-corrected chi connectivity index (χ2v) is 6.38. The predicted molar refractivity (Wildman–Crippen MR) is 111 cm³/mol. The first-order chi connectivity index (χ1) is 14.3. The molecular weight excluding hydrogens is 417 g/mol. The molecule has 2 aromatic rings. The highest BCUT2D eigenvalue weighted by atomic mass is 35.5. The van der Waals surface area contributed by atoms with Gasteiger partial charge in [-0.2, -0.15) is 0 Å². The molecular formula is C21H21ClFNO6. The van der Waals surface area contributed by atoms with Gasteiger partial charge in [0.25, 0.3) is 5.91 Å². The number of benzene rings is 2. The smallest absolute Gasteiger partial charge is 0.331 e. The zero-order valence-electron chi connectivity index (χ0n) is 16.8. The van der Waals surface area contributed by atoms with Crippen LogP contribution in [0.3, 0.4) is 0 Å². The van der Waals surface area contributed by atoms with Crippen molar-refractivity contribution in [3.8, 4) is 17.2 Å². The number of carbonyl (C=O) groups is 2. The van der Waals surface area contributed by atoms with Crippen molar-refractivity contribution in [2.24, 2.45) is 0 Å². The summed E-state index contributed by atoms with van der Waals surface area (Å²) in [6.45, 7) is 1.40. The number of rotatable bonds is 8. The van der Waals surface area contributed by atoms with E-state index in [9.17, 15) is 14.0 Å². The van der Waals surface area contributed by atoms with Gasteiger partial charge in [-0.25, -0.2) is 9.18 Å². The average Bonchev–Trinajstić information content (AvgIpc) is 2.73. The zero-order chi connectivity index (χ0) is 22.3. The molecule has 1 unspecified atom stereocenters. The summed E-state index contributed by atoms with van der Waals surface area (Å²) >= 11 is 5.87. The van der Waals surface area contributed by atoms with Crippen molar-refractivity contribution >= 4 is 35.2 Å². The van der Waals surface area contributed by atoms with Crippen LogP contribution in [0.15, 0.2) is 36.4 Å². The van der Waals surface area contributed by atoms with Crippen molar-refractivity contribution in [1.29, 1.82) is 0 Å². The molecule has 160 valence electrons. The van der Waals surface area contributed by atoms with Gasteiger partial charge in [-0.05, 0) is 37.3 Å². The Balaban J connectivity index is 2.05. The number of anilines is 1. The normalized spacial score (nSPS) is 11.7. The zero-order valence-corrected chi connectivity index (χ0v) is 17.6.